The van der Waals surface area contributed by atoms with Gasteiger partial charge in [-0.15, -0.1) is 0 Å². The van der Waals surface area contributed by atoms with Crippen LogP contribution in [0.1, 0.15) is 52.5 Å². The van der Waals surface area contributed by atoms with E-state index in [0.717, 1.165) is 37.8 Å². The largest absolute Gasteiger partial charge is 0.494 e. The van der Waals surface area contributed by atoms with Crippen molar-refractivity contribution in [2.45, 2.75) is 71.2 Å². The topological polar surface area (TPSA) is 48.0 Å². The van der Waals surface area contributed by atoms with E-state index in [1.807, 2.05) is 13.0 Å². The Morgan fingerprint density at radius 1 is 1.42 bits per heavy atom. The maximum absolute atomic E-state index is 12.2. The maximum atomic E-state index is 12.2. The average molecular weight is 359 g/mol. The van der Waals surface area contributed by atoms with E-state index in [1.165, 1.54) is 5.56 Å². The third kappa shape index (κ3) is 4.67. The van der Waals surface area contributed by atoms with Crippen LogP contribution in [-0.2, 0) is 25.4 Å². The third-order valence-electron chi connectivity index (χ3n) is 5.09. The molecule has 0 spiro atoms. The number of hydrogen-bond donors (Lipinski definition) is 0. The standard InChI is InChI=1S/C20H30BNO4/c1-5-24-19(23)18-10-7-11-22(18)14-16-8-6-9-17(12-16)21-25-15(2)13-20(3,4)26-21/h6,8-9,12,15,18H,5,7,10-11,13-14H2,1-4H3/t15?,18-/m0/s1. The van der Waals surface area contributed by atoms with Gasteiger partial charge >= 0.3 is 13.1 Å². The molecule has 2 atom stereocenters. The van der Waals surface area contributed by atoms with Crippen LogP contribution in [0, 0.1) is 0 Å². The van der Waals surface area contributed by atoms with E-state index < -0.39 is 0 Å². The summed E-state index contributed by atoms with van der Waals surface area (Å²) in [7, 11) is -0.340. The van der Waals surface area contributed by atoms with Gasteiger partial charge in [-0.3, -0.25) is 9.69 Å². The Morgan fingerprint density at radius 2 is 2.23 bits per heavy atom. The molecular formula is C20H30BNO4. The van der Waals surface area contributed by atoms with Gasteiger partial charge in [0, 0.05) is 12.6 Å². The molecule has 2 heterocycles. The van der Waals surface area contributed by atoms with Gasteiger partial charge in [0.1, 0.15) is 6.04 Å². The molecule has 2 saturated heterocycles. The molecule has 0 bridgehead atoms. The Hall–Kier alpha value is -1.37. The second-order valence-electron chi connectivity index (χ2n) is 7.99. The van der Waals surface area contributed by atoms with Crippen molar-refractivity contribution in [1.29, 1.82) is 0 Å². The van der Waals surface area contributed by atoms with Crippen LogP contribution < -0.4 is 5.46 Å². The van der Waals surface area contributed by atoms with Crippen molar-refractivity contribution in [1.82, 2.24) is 4.90 Å². The van der Waals surface area contributed by atoms with E-state index in [4.69, 9.17) is 14.0 Å². The molecule has 0 saturated carbocycles. The minimum absolute atomic E-state index is 0.101. The summed E-state index contributed by atoms with van der Waals surface area (Å²) in [6, 6.07) is 8.20. The summed E-state index contributed by atoms with van der Waals surface area (Å²) in [4.78, 5) is 14.4. The lowest BCUT2D eigenvalue weighted by molar-refractivity contribution is -0.148. The highest BCUT2D eigenvalue weighted by molar-refractivity contribution is 6.61. The second kappa shape index (κ2) is 8.11. The molecule has 142 valence electrons. The SMILES string of the molecule is CCOC(=O)[C@@H]1CCCN1Cc1cccc(B2OC(C)CC(C)(C)O2)c1. The van der Waals surface area contributed by atoms with Crippen molar-refractivity contribution in [3.63, 3.8) is 0 Å². The van der Waals surface area contributed by atoms with Crippen LogP contribution >= 0.6 is 0 Å². The smallest absolute Gasteiger partial charge is 0.465 e. The van der Waals surface area contributed by atoms with Gasteiger partial charge in [-0.05, 0) is 64.5 Å². The highest BCUT2D eigenvalue weighted by Crippen LogP contribution is 2.26. The van der Waals surface area contributed by atoms with Crippen molar-refractivity contribution in [2.75, 3.05) is 13.2 Å². The number of ether oxygens (including phenoxy) is 1. The summed E-state index contributed by atoms with van der Waals surface area (Å²) in [6.07, 6.45) is 2.96. The monoisotopic (exact) mass is 359 g/mol. The Balaban J connectivity index is 1.70. The summed E-state index contributed by atoms with van der Waals surface area (Å²) >= 11 is 0. The number of hydrogen-bond acceptors (Lipinski definition) is 5. The van der Waals surface area contributed by atoms with Gasteiger partial charge in [0.15, 0.2) is 0 Å². The molecule has 2 aliphatic rings. The van der Waals surface area contributed by atoms with Crippen LogP contribution in [-0.4, -0.2) is 48.9 Å². The fraction of sp³-hybridized carbons (Fsp3) is 0.650. The third-order valence-corrected chi connectivity index (χ3v) is 5.09. The number of carbonyl (C=O) groups excluding carboxylic acids is 1. The second-order valence-corrected chi connectivity index (χ2v) is 7.99. The molecule has 0 aromatic heterocycles. The first-order chi connectivity index (χ1) is 12.4. The van der Waals surface area contributed by atoms with Gasteiger partial charge in [-0.25, -0.2) is 0 Å². The first kappa shape index (κ1) is 19.4. The Labute approximate surface area is 157 Å². The molecule has 3 rings (SSSR count). The molecule has 26 heavy (non-hydrogen) atoms. The number of benzene rings is 1. The predicted octanol–water partition coefficient (Wildman–Crippen LogP) is 2.51. The molecule has 0 aliphatic carbocycles. The van der Waals surface area contributed by atoms with E-state index in [0.29, 0.717) is 6.61 Å². The number of likely N-dealkylation sites (tertiary alicyclic amines) is 1. The van der Waals surface area contributed by atoms with Crippen molar-refractivity contribution < 1.29 is 18.8 Å². The average Bonchev–Trinajstić information content (AvgIpc) is 3.02. The van der Waals surface area contributed by atoms with Crippen molar-refractivity contribution in [3.05, 3.63) is 29.8 Å². The van der Waals surface area contributed by atoms with Crippen molar-refractivity contribution >= 4 is 18.6 Å². The molecule has 0 N–H and O–H groups in total. The van der Waals surface area contributed by atoms with Crippen LogP contribution in [0.2, 0.25) is 0 Å². The fourth-order valence-corrected chi connectivity index (χ4v) is 4.06. The molecular weight excluding hydrogens is 329 g/mol. The van der Waals surface area contributed by atoms with Crippen LogP contribution in [0.3, 0.4) is 0 Å². The van der Waals surface area contributed by atoms with Crippen molar-refractivity contribution in [2.24, 2.45) is 0 Å². The number of rotatable bonds is 5. The van der Waals surface area contributed by atoms with Gasteiger partial charge in [-0.1, -0.05) is 24.3 Å². The number of nitrogens with zero attached hydrogens (tertiary/aromatic N) is 1. The Kier molecular flexibility index (Phi) is 6.05. The summed E-state index contributed by atoms with van der Waals surface area (Å²) in [5, 5.41) is 0. The van der Waals surface area contributed by atoms with Crippen molar-refractivity contribution in [3.8, 4) is 0 Å². The van der Waals surface area contributed by atoms with E-state index >= 15 is 0 Å². The molecule has 2 fully saturated rings. The summed E-state index contributed by atoms with van der Waals surface area (Å²) in [5.74, 6) is -0.101. The molecule has 5 nitrogen and oxygen atoms in total. The van der Waals surface area contributed by atoms with Gasteiger partial charge < -0.3 is 14.0 Å². The molecule has 1 aromatic rings. The molecule has 2 aliphatic heterocycles. The summed E-state index contributed by atoms with van der Waals surface area (Å²) in [6.45, 7) is 10.3. The van der Waals surface area contributed by atoms with Crippen LogP contribution in [0.4, 0.5) is 0 Å². The normalized spacial score (nSPS) is 26.1. The van der Waals surface area contributed by atoms with Crippen LogP contribution in [0.25, 0.3) is 0 Å². The van der Waals surface area contributed by atoms with Crippen LogP contribution in [0.5, 0.6) is 0 Å². The zero-order valence-corrected chi connectivity index (χ0v) is 16.4. The number of esters is 1. The molecule has 1 aromatic carbocycles. The predicted molar refractivity (Wildman–Crippen MR) is 102 cm³/mol. The quantitative estimate of drug-likeness (QED) is 0.597. The molecule has 0 amide bonds. The zero-order chi connectivity index (χ0) is 18.7. The Morgan fingerprint density at radius 3 is 2.96 bits per heavy atom. The lowest BCUT2D eigenvalue weighted by Crippen LogP contribution is -2.51. The Bertz CT molecular complexity index is 636. The van der Waals surface area contributed by atoms with Gasteiger partial charge in [-0.2, -0.15) is 0 Å². The zero-order valence-electron chi connectivity index (χ0n) is 16.4. The van der Waals surface area contributed by atoms with Gasteiger partial charge in [0.05, 0.1) is 12.2 Å². The minimum atomic E-state index is -0.340. The molecule has 6 heteroatoms. The highest BCUT2D eigenvalue weighted by atomic mass is 16.6. The molecule has 1 unspecified atom stereocenters. The van der Waals surface area contributed by atoms with E-state index in [2.05, 4.69) is 43.9 Å². The summed E-state index contributed by atoms with van der Waals surface area (Å²) < 4.78 is 17.4. The van der Waals surface area contributed by atoms with E-state index in [-0.39, 0.29) is 30.8 Å². The van der Waals surface area contributed by atoms with E-state index in [1.54, 1.807) is 0 Å². The lowest BCUT2D eigenvalue weighted by atomic mass is 9.74. The summed E-state index contributed by atoms with van der Waals surface area (Å²) in [5.41, 5.74) is 2.01. The maximum Gasteiger partial charge on any atom is 0.494 e. The molecule has 0 radical (unpaired) electrons. The minimum Gasteiger partial charge on any atom is -0.465 e. The highest BCUT2D eigenvalue weighted by Gasteiger charge is 2.38. The fourth-order valence-electron chi connectivity index (χ4n) is 4.06. The van der Waals surface area contributed by atoms with Gasteiger partial charge in [0.2, 0.25) is 0 Å². The first-order valence-corrected chi connectivity index (χ1v) is 9.71. The first-order valence-electron chi connectivity index (χ1n) is 9.71. The number of carbonyl (C=O) groups is 1. The van der Waals surface area contributed by atoms with Gasteiger partial charge in [0.25, 0.3) is 0 Å². The van der Waals surface area contributed by atoms with Crippen LogP contribution in [0.15, 0.2) is 24.3 Å². The van der Waals surface area contributed by atoms with E-state index in [9.17, 15) is 4.79 Å². The lowest BCUT2D eigenvalue weighted by Gasteiger charge is -2.38.